The van der Waals surface area contributed by atoms with Crippen molar-refractivity contribution < 1.29 is 4.79 Å². The van der Waals surface area contributed by atoms with Gasteiger partial charge in [0, 0.05) is 32.2 Å². The van der Waals surface area contributed by atoms with E-state index in [0.717, 1.165) is 11.8 Å². The molecule has 0 aromatic carbocycles. The van der Waals surface area contributed by atoms with Crippen molar-refractivity contribution in [1.29, 1.82) is 0 Å². The summed E-state index contributed by atoms with van der Waals surface area (Å²) in [6.07, 6.45) is 1.63. The number of rotatable bonds is 2. The number of hydrogen-bond acceptors (Lipinski definition) is 1. The van der Waals surface area contributed by atoms with Gasteiger partial charge in [0.05, 0.1) is 0 Å². The van der Waals surface area contributed by atoms with E-state index in [4.69, 9.17) is 0 Å². The minimum absolute atomic E-state index is 0.0810. The lowest BCUT2D eigenvalue weighted by Gasteiger charge is -2.32. The molecule has 1 nitrogen and oxygen atoms in total. The van der Waals surface area contributed by atoms with Crippen molar-refractivity contribution in [1.82, 2.24) is 0 Å². The van der Waals surface area contributed by atoms with Gasteiger partial charge in [-0.1, -0.05) is 63.7 Å². The molecule has 0 amide bonds. The standard InChI is InChI=1S/C8H10Br4O/c9-3-5(11)7-6(13)2-1-4(10)8(7)12/h4-5,7-8H,1-3H2. The number of carbonyl (C=O) groups is 1. The molecule has 0 aromatic heterocycles. The van der Waals surface area contributed by atoms with Crippen LogP contribution < -0.4 is 0 Å². The summed E-state index contributed by atoms with van der Waals surface area (Å²) in [7, 11) is 0. The van der Waals surface area contributed by atoms with Crippen LogP contribution in [0.15, 0.2) is 0 Å². The summed E-state index contributed by atoms with van der Waals surface area (Å²) in [5.74, 6) is 0.441. The highest BCUT2D eigenvalue weighted by Crippen LogP contribution is 2.37. The van der Waals surface area contributed by atoms with E-state index in [1.54, 1.807) is 0 Å². The molecule has 0 aliphatic heterocycles. The zero-order valence-electron chi connectivity index (χ0n) is 6.85. The monoisotopic (exact) mass is 438 g/mol. The summed E-state index contributed by atoms with van der Waals surface area (Å²) >= 11 is 14.1. The fraction of sp³-hybridized carbons (Fsp3) is 0.875. The Hall–Kier alpha value is 1.59. The van der Waals surface area contributed by atoms with Crippen molar-refractivity contribution in [2.75, 3.05) is 5.33 Å². The third-order valence-electron chi connectivity index (χ3n) is 2.26. The minimum atomic E-state index is 0.0810. The number of hydrogen-bond donors (Lipinski definition) is 0. The Balaban J connectivity index is 2.71. The van der Waals surface area contributed by atoms with E-state index in [1.807, 2.05) is 0 Å². The molecular formula is C8H10Br4O. The maximum atomic E-state index is 11.6. The summed E-state index contributed by atoms with van der Waals surface area (Å²) in [6.45, 7) is 0. The van der Waals surface area contributed by atoms with E-state index < -0.39 is 0 Å². The second-order valence-corrected chi connectivity index (χ2v) is 7.22. The predicted molar refractivity (Wildman–Crippen MR) is 69.7 cm³/mol. The quantitative estimate of drug-likeness (QED) is 0.598. The van der Waals surface area contributed by atoms with Crippen LogP contribution in [0.2, 0.25) is 0 Å². The first-order valence-corrected chi connectivity index (χ1v) is 7.95. The van der Waals surface area contributed by atoms with Gasteiger partial charge in [-0.2, -0.15) is 0 Å². The fourth-order valence-corrected chi connectivity index (χ4v) is 4.43. The number of carbonyl (C=O) groups excluding carboxylic acids is 1. The molecule has 4 unspecified atom stereocenters. The van der Waals surface area contributed by atoms with E-state index in [9.17, 15) is 4.79 Å². The highest BCUT2D eigenvalue weighted by Gasteiger charge is 2.39. The van der Waals surface area contributed by atoms with E-state index in [1.165, 1.54) is 0 Å². The van der Waals surface area contributed by atoms with Gasteiger partial charge in [-0.25, -0.2) is 0 Å². The minimum Gasteiger partial charge on any atom is -0.299 e. The summed E-state index contributed by atoms with van der Waals surface area (Å²) in [5.41, 5.74) is 0. The van der Waals surface area contributed by atoms with E-state index >= 15 is 0 Å². The van der Waals surface area contributed by atoms with Gasteiger partial charge in [-0.15, -0.1) is 0 Å². The van der Waals surface area contributed by atoms with E-state index in [2.05, 4.69) is 63.7 Å². The average molecular weight is 442 g/mol. The lowest BCUT2D eigenvalue weighted by Crippen LogP contribution is -2.41. The molecule has 0 N–H and O–H groups in total. The number of halogens is 4. The first kappa shape index (κ1) is 12.7. The second kappa shape index (κ2) is 5.61. The molecule has 1 saturated carbocycles. The van der Waals surface area contributed by atoms with Crippen LogP contribution in [0.3, 0.4) is 0 Å². The SMILES string of the molecule is O=C1CCC(Br)C(Br)C1C(Br)CBr. The van der Waals surface area contributed by atoms with Crippen molar-refractivity contribution >= 4 is 69.5 Å². The molecule has 13 heavy (non-hydrogen) atoms. The Morgan fingerprint density at radius 2 is 2.08 bits per heavy atom. The van der Waals surface area contributed by atoms with Gasteiger partial charge in [0.25, 0.3) is 0 Å². The molecule has 0 heterocycles. The Morgan fingerprint density at radius 3 is 2.62 bits per heavy atom. The summed E-state index contributed by atoms with van der Waals surface area (Å²) in [5, 5.41) is 0.811. The molecule has 0 bridgehead atoms. The van der Waals surface area contributed by atoms with Crippen LogP contribution in [0.4, 0.5) is 0 Å². The van der Waals surface area contributed by atoms with Gasteiger partial charge < -0.3 is 0 Å². The topological polar surface area (TPSA) is 17.1 Å². The van der Waals surface area contributed by atoms with E-state index in [-0.39, 0.29) is 15.6 Å². The van der Waals surface area contributed by atoms with Crippen molar-refractivity contribution in [3.05, 3.63) is 0 Å². The largest absolute Gasteiger partial charge is 0.299 e. The Labute approximate surface area is 112 Å². The lowest BCUT2D eigenvalue weighted by molar-refractivity contribution is -0.123. The zero-order valence-corrected chi connectivity index (χ0v) is 13.2. The van der Waals surface area contributed by atoms with Crippen LogP contribution in [0.1, 0.15) is 12.8 Å². The van der Waals surface area contributed by atoms with Crippen molar-refractivity contribution in [3.8, 4) is 0 Å². The molecule has 0 spiro atoms. The van der Waals surface area contributed by atoms with Gasteiger partial charge in [0.15, 0.2) is 0 Å². The lowest BCUT2D eigenvalue weighted by atomic mass is 9.86. The molecule has 1 fully saturated rings. The first-order chi connectivity index (χ1) is 6.07. The highest BCUT2D eigenvalue weighted by atomic mass is 79.9. The van der Waals surface area contributed by atoms with Gasteiger partial charge in [-0.05, 0) is 6.42 Å². The number of ketones is 1. The maximum Gasteiger partial charge on any atom is 0.138 e. The molecule has 5 heteroatoms. The smallest absolute Gasteiger partial charge is 0.138 e. The molecule has 0 aromatic rings. The first-order valence-electron chi connectivity index (χ1n) is 4.08. The molecule has 1 aliphatic carbocycles. The van der Waals surface area contributed by atoms with Crippen molar-refractivity contribution in [2.45, 2.75) is 27.3 Å². The van der Waals surface area contributed by atoms with Gasteiger partial charge in [-0.3, -0.25) is 4.79 Å². The van der Waals surface area contributed by atoms with Crippen LogP contribution in [0.25, 0.3) is 0 Å². The van der Waals surface area contributed by atoms with Gasteiger partial charge in [0.1, 0.15) is 5.78 Å². The highest BCUT2D eigenvalue weighted by molar-refractivity contribution is 9.12. The molecule has 1 rings (SSSR count). The average Bonchev–Trinajstić information content (AvgIpc) is 2.12. The molecule has 76 valence electrons. The number of alkyl halides is 4. The molecular weight excluding hydrogens is 432 g/mol. The summed E-state index contributed by atoms with van der Waals surface area (Å²) in [4.78, 5) is 12.5. The van der Waals surface area contributed by atoms with Crippen LogP contribution in [-0.4, -0.2) is 25.6 Å². The molecule has 1 aliphatic rings. The van der Waals surface area contributed by atoms with Crippen LogP contribution in [0, 0.1) is 5.92 Å². The maximum absolute atomic E-state index is 11.6. The van der Waals surface area contributed by atoms with Crippen LogP contribution in [-0.2, 0) is 4.79 Å². The molecule has 0 saturated heterocycles. The van der Waals surface area contributed by atoms with Gasteiger partial charge >= 0.3 is 0 Å². The Morgan fingerprint density at radius 1 is 1.46 bits per heavy atom. The Bertz CT molecular complexity index is 197. The van der Waals surface area contributed by atoms with Crippen molar-refractivity contribution in [3.63, 3.8) is 0 Å². The number of Topliss-reactive ketones (excluding diaryl/α,β-unsaturated/α-hetero) is 1. The second-order valence-electron chi connectivity index (χ2n) is 3.16. The zero-order chi connectivity index (χ0) is 10.0. The van der Waals surface area contributed by atoms with Crippen LogP contribution in [0.5, 0.6) is 0 Å². The predicted octanol–water partition coefficient (Wildman–Crippen LogP) is 3.65. The van der Waals surface area contributed by atoms with Gasteiger partial charge in [0.2, 0.25) is 0 Å². The van der Waals surface area contributed by atoms with E-state index in [0.29, 0.717) is 17.0 Å². The Kier molecular flexibility index (Phi) is 5.47. The van der Waals surface area contributed by atoms with Crippen LogP contribution >= 0.6 is 63.7 Å². The third-order valence-corrected chi connectivity index (χ3v) is 7.67. The summed E-state index contributed by atoms with van der Waals surface area (Å²) < 4.78 is 0. The normalized spacial score (nSPS) is 37.5. The molecule has 0 radical (unpaired) electrons. The van der Waals surface area contributed by atoms with Crippen molar-refractivity contribution in [2.24, 2.45) is 5.92 Å². The summed E-state index contributed by atoms with van der Waals surface area (Å²) in [6, 6.07) is 0. The fourth-order valence-electron chi connectivity index (χ4n) is 1.51. The molecule has 4 atom stereocenters. The third kappa shape index (κ3) is 3.02.